The molecule has 1 saturated heterocycles. The highest BCUT2D eigenvalue weighted by Gasteiger charge is 2.26. The zero-order chi connectivity index (χ0) is 14.9. The number of rotatable bonds is 6. The summed E-state index contributed by atoms with van der Waals surface area (Å²) in [6, 6.07) is 3.69. The molecule has 2 rings (SSSR count). The molecule has 1 aromatic heterocycles. The maximum atomic E-state index is 12.0. The number of methoxy groups -OCH3 is 1. The number of carbonyl (C=O) groups is 1. The van der Waals surface area contributed by atoms with Crippen molar-refractivity contribution in [1.82, 2.24) is 15.6 Å². The Balaban J connectivity index is 1.99. The number of nitrogens with zero attached hydrogens (tertiary/aromatic N) is 1. The van der Waals surface area contributed by atoms with Gasteiger partial charge >= 0.3 is 6.03 Å². The number of hydrogen-bond donors (Lipinski definition) is 2. The number of aromatic nitrogens is 1. The summed E-state index contributed by atoms with van der Waals surface area (Å²) in [6.07, 6.45) is 5.44. The molecule has 21 heavy (non-hydrogen) atoms. The van der Waals surface area contributed by atoms with Gasteiger partial charge < -0.3 is 20.1 Å². The normalized spacial score (nSPS) is 17.2. The molecule has 1 atom stereocenters. The van der Waals surface area contributed by atoms with Crippen LogP contribution in [0.25, 0.3) is 0 Å². The molecule has 1 fully saturated rings. The van der Waals surface area contributed by atoms with Gasteiger partial charge in [0.1, 0.15) is 0 Å². The van der Waals surface area contributed by atoms with E-state index in [0.29, 0.717) is 19.1 Å². The van der Waals surface area contributed by atoms with Gasteiger partial charge in [-0.1, -0.05) is 6.07 Å². The quantitative estimate of drug-likeness (QED) is 0.780. The van der Waals surface area contributed by atoms with E-state index in [-0.39, 0.29) is 12.1 Å². The van der Waals surface area contributed by atoms with Gasteiger partial charge in [-0.2, -0.15) is 0 Å². The Labute approximate surface area is 125 Å². The summed E-state index contributed by atoms with van der Waals surface area (Å²) in [6.45, 7) is 2.49. The molecule has 0 aliphatic carbocycles. The van der Waals surface area contributed by atoms with Crippen molar-refractivity contribution in [1.29, 1.82) is 0 Å². The third kappa shape index (κ3) is 4.99. The van der Waals surface area contributed by atoms with E-state index in [0.717, 1.165) is 31.6 Å². The summed E-state index contributed by atoms with van der Waals surface area (Å²) < 4.78 is 10.3. The Morgan fingerprint density at radius 3 is 3.00 bits per heavy atom. The largest absolute Gasteiger partial charge is 0.383 e. The van der Waals surface area contributed by atoms with Crippen molar-refractivity contribution in [3.63, 3.8) is 0 Å². The minimum Gasteiger partial charge on any atom is -0.383 e. The first-order valence-corrected chi connectivity index (χ1v) is 7.32. The summed E-state index contributed by atoms with van der Waals surface area (Å²) in [5, 5.41) is 5.86. The van der Waals surface area contributed by atoms with Crippen LogP contribution in [0.15, 0.2) is 24.5 Å². The second-order valence-electron chi connectivity index (χ2n) is 5.11. The van der Waals surface area contributed by atoms with E-state index < -0.39 is 0 Å². The highest BCUT2D eigenvalue weighted by atomic mass is 16.5. The fourth-order valence-electron chi connectivity index (χ4n) is 2.54. The van der Waals surface area contributed by atoms with E-state index in [4.69, 9.17) is 9.47 Å². The fourth-order valence-corrected chi connectivity index (χ4v) is 2.54. The number of nitrogens with one attached hydrogen (secondary N) is 2. The molecule has 116 valence electrons. The molecular formula is C15H23N3O3. The minimum atomic E-state index is -0.174. The summed E-state index contributed by atoms with van der Waals surface area (Å²) in [4.78, 5) is 16.2. The Hall–Kier alpha value is -1.66. The number of ether oxygens (including phenoxy) is 2. The first kappa shape index (κ1) is 15.7. The lowest BCUT2D eigenvalue weighted by Gasteiger charge is -2.31. The molecule has 1 aliphatic rings. The van der Waals surface area contributed by atoms with Crippen LogP contribution in [0.5, 0.6) is 0 Å². The predicted molar refractivity (Wildman–Crippen MR) is 78.9 cm³/mol. The molecule has 2 N–H and O–H groups in total. The highest BCUT2D eigenvalue weighted by molar-refractivity contribution is 5.74. The van der Waals surface area contributed by atoms with Crippen molar-refractivity contribution in [3.8, 4) is 0 Å². The van der Waals surface area contributed by atoms with Crippen LogP contribution in [-0.2, 0) is 9.47 Å². The molecule has 2 heterocycles. The Bertz CT molecular complexity index is 421. The lowest BCUT2D eigenvalue weighted by atomic mass is 9.88. The van der Waals surface area contributed by atoms with Crippen LogP contribution >= 0.6 is 0 Å². The van der Waals surface area contributed by atoms with Crippen LogP contribution in [0.4, 0.5) is 4.79 Å². The number of amides is 2. The zero-order valence-corrected chi connectivity index (χ0v) is 12.4. The van der Waals surface area contributed by atoms with Crippen LogP contribution < -0.4 is 10.6 Å². The van der Waals surface area contributed by atoms with Gasteiger partial charge in [0.05, 0.1) is 12.6 Å². The molecule has 0 spiro atoms. The number of carbonyl (C=O) groups excluding carboxylic acids is 1. The van der Waals surface area contributed by atoms with Crippen molar-refractivity contribution in [3.05, 3.63) is 30.1 Å². The lowest BCUT2D eigenvalue weighted by molar-refractivity contribution is 0.0547. The number of hydrogen-bond acceptors (Lipinski definition) is 4. The van der Waals surface area contributed by atoms with Gasteiger partial charge in [0.15, 0.2) is 0 Å². The van der Waals surface area contributed by atoms with Crippen LogP contribution in [-0.4, -0.2) is 44.5 Å². The molecule has 6 nitrogen and oxygen atoms in total. The van der Waals surface area contributed by atoms with Crippen molar-refractivity contribution in [2.45, 2.75) is 18.9 Å². The Kier molecular flexibility index (Phi) is 6.43. The van der Waals surface area contributed by atoms with Crippen LogP contribution in [0.3, 0.4) is 0 Å². The lowest BCUT2D eigenvalue weighted by Crippen LogP contribution is -2.42. The third-order valence-corrected chi connectivity index (χ3v) is 3.66. The van der Waals surface area contributed by atoms with Crippen LogP contribution in [0, 0.1) is 5.92 Å². The molecule has 6 heteroatoms. The molecule has 0 saturated carbocycles. The number of urea groups is 1. The second-order valence-corrected chi connectivity index (χ2v) is 5.11. The molecule has 0 aromatic carbocycles. The number of pyridine rings is 1. The molecule has 0 bridgehead atoms. The van der Waals surface area contributed by atoms with E-state index in [2.05, 4.69) is 15.6 Å². The zero-order valence-electron chi connectivity index (χ0n) is 12.4. The SMILES string of the molecule is COCCNC(=O)NC(c1cccnc1)C1CCOCC1. The van der Waals surface area contributed by atoms with Crippen molar-refractivity contribution in [2.75, 3.05) is 33.5 Å². The minimum absolute atomic E-state index is 0.0369. The van der Waals surface area contributed by atoms with Crippen molar-refractivity contribution in [2.24, 2.45) is 5.92 Å². The molecular weight excluding hydrogens is 270 g/mol. The van der Waals surface area contributed by atoms with Gasteiger partial charge in [-0.25, -0.2) is 4.79 Å². The van der Waals surface area contributed by atoms with Crippen molar-refractivity contribution < 1.29 is 14.3 Å². The molecule has 1 aromatic rings. The fraction of sp³-hybridized carbons (Fsp3) is 0.600. The maximum absolute atomic E-state index is 12.0. The van der Waals surface area contributed by atoms with Gasteiger partial charge in [-0.15, -0.1) is 0 Å². The van der Waals surface area contributed by atoms with Gasteiger partial charge in [-0.3, -0.25) is 4.98 Å². The molecule has 1 unspecified atom stereocenters. The Morgan fingerprint density at radius 2 is 2.33 bits per heavy atom. The second kappa shape index (κ2) is 8.59. The summed E-state index contributed by atoms with van der Waals surface area (Å²) in [5.41, 5.74) is 1.03. The Morgan fingerprint density at radius 1 is 1.52 bits per heavy atom. The smallest absolute Gasteiger partial charge is 0.315 e. The van der Waals surface area contributed by atoms with E-state index in [1.165, 1.54) is 0 Å². The molecule has 1 aliphatic heterocycles. The van der Waals surface area contributed by atoms with Gasteiger partial charge in [0.2, 0.25) is 0 Å². The molecule has 2 amide bonds. The predicted octanol–water partition coefficient (Wildman–Crippen LogP) is 1.49. The summed E-state index contributed by atoms with van der Waals surface area (Å²) in [5.74, 6) is 0.371. The first-order valence-electron chi connectivity index (χ1n) is 7.32. The topological polar surface area (TPSA) is 72.5 Å². The molecule has 0 radical (unpaired) electrons. The standard InChI is InChI=1S/C15H23N3O3/c1-20-10-7-17-15(19)18-14(12-4-8-21-9-5-12)13-3-2-6-16-11-13/h2-3,6,11-12,14H,4-5,7-10H2,1H3,(H2,17,18,19). The van der Waals surface area contributed by atoms with E-state index in [1.54, 1.807) is 13.3 Å². The monoisotopic (exact) mass is 293 g/mol. The summed E-state index contributed by atoms with van der Waals surface area (Å²) in [7, 11) is 1.61. The van der Waals surface area contributed by atoms with E-state index in [1.807, 2.05) is 18.3 Å². The van der Waals surface area contributed by atoms with E-state index >= 15 is 0 Å². The average molecular weight is 293 g/mol. The van der Waals surface area contributed by atoms with E-state index in [9.17, 15) is 4.79 Å². The van der Waals surface area contributed by atoms with Crippen LogP contribution in [0.1, 0.15) is 24.4 Å². The maximum Gasteiger partial charge on any atom is 0.315 e. The van der Waals surface area contributed by atoms with Crippen LogP contribution in [0.2, 0.25) is 0 Å². The highest BCUT2D eigenvalue weighted by Crippen LogP contribution is 2.29. The van der Waals surface area contributed by atoms with Gasteiger partial charge in [-0.05, 0) is 30.4 Å². The van der Waals surface area contributed by atoms with Crippen molar-refractivity contribution >= 4 is 6.03 Å². The van der Waals surface area contributed by atoms with Gasteiger partial charge in [0, 0.05) is 39.3 Å². The first-order chi connectivity index (χ1) is 10.3. The van der Waals surface area contributed by atoms with Gasteiger partial charge in [0.25, 0.3) is 0 Å². The average Bonchev–Trinajstić information content (AvgIpc) is 2.54. The summed E-state index contributed by atoms with van der Waals surface area (Å²) >= 11 is 0. The third-order valence-electron chi connectivity index (χ3n) is 3.66.